The van der Waals surface area contributed by atoms with Gasteiger partial charge in [0, 0.05) is 46.9 Å². The standard InChI is InChI=1S/C93H112N2S3/c1-9-14-19-23-27-32-55-92(56-33-28-24-20-15-10-2)81-60-66(7)37-43-73(81)74-44-38-67(61-82(74)92)68-39-45-75-76-47-41-70(64-84(76)93(83(75)62-68,57-34-29-25-21-16-11-3)58-35-30-26-22-17-12-4)86-51-53-88(97-86)78-49-48-77(89-90(78)95-98-94-89)87-52-50-85(96-87)69-40-46-72-71-42-36-65(6)59-79(71)91(8,80(72)63-69)54-31-18-13-5/h36-53,59-64H,9-35,54-58H2,1-8H3. The highest BCUT2D eigenvalue weighted by molar-refractivity contribution is 7.19. The molecule has 0 aliphatic heterocycles. The van der Waals surface area contributed by atoms with Gasteiger partial charge in [-0.15, -0.1) is 22.7 Å². The third-order valence-electron chi connectivity index (χ3n) is 23.7. The minimum atomic E-state index is -0.0631. The first-order chi connectivity index (χ1) is 48.1. The summed E-state index contributed by atoms with van der Waals surface area (Å²) >= 11 is 5.15. The van der Waals surface area contributed by atoms with E-state index >= 15 is 0 Å². The van der Waals surface area contributed by atoms with Crippen LogP contribution in [0.25, 0.3) is 97.3 Å². The fourth-order valence-electron chi connectivity index (χ4n) is 18.2. The van der Waals surface area contributed by atoms with Gasteiger partial charge < -0.3 is 0 Å². The van der Waals surface area contributed by atoms with Gasteiger partial charge in [0.1, 0.15) is 11.0 Å². The molecular formula is C93H112N2S3. The molecule has 0 radical (unpaired) electrons. The van der Waals surface area contributed by atoms with Crippen LogP contribution in [-0.2, 0) is 16.2 Å². The van der Waals surface area contributed by atoms with Gasteiger partial charge in [-0.05, 0) is 183 Å². The van der Waals surface area contributed by atoms with Crippen molar-refractivity contribution in [3.63, 3.8) is 0 Å². The van der Waals surface area contributed by atoms with Crippen LogP contribution in [0.15, 0.2) is 146 Å². The first-order valence-electron chi connectivity index (χ1n) is 39.3. The van der Waals surface area contributed by atoms with Gasteiger partial charge in [0.2, 0.25) is 0 Å². The molecule has 5 heteroatoms. The molecule has 0 bridgehead atoms. The number of aromatic nitrogens is 2. The van der Waals surface area contributed by atoms with Crippen molar-refractivity contribution in [2.75, 3.05) is 0 Å². The lowest BCUT2D eigenvalue weighted by Crippen LogP contribution is -2.26. The third-order valence-corrected chi connectivity index (χ3v) is 26.6. The Bertz CT molecular complexity index is 4300. The van der Waals surface area contributed by atoms with E-state index in [0.29, 0.717) is 0 Å². The van der Waals surface area contributed by atoms with Crippen molar-refractivity contribution in [2.45, 2.75) is 277 Å². The molecule has 0 saturated heterocycles. The van der Waals surface area contributed by atoms with Crippen LogP contribution >= 0.6 is 34.4 Å². The summed E-state index contributed by atoms with van der Waals surface area (Å²) in [5.41, 5.74) is 30.6. The largest absolute Gasteiger partial charge is 0.172 e. The summed E-state index contributed by atoms with van der Waals surface area (Å²) in [6, 6.07) is 59.2. The topological polar surface area (TPSA) is 25.8 Å². The number of benzene rings is 7. The fraction of sp³-hybridized carbons (Fsp3) is 0.462. The minimum absolute atomic E-state index is 0.00625. The van der Waals surface area contributed by atoms with E-state index in [1.54, 1.807) is 22.3 Å². The van der Waals surface area contributed by atoms with Gasteiger partial charge in [-0.3, -0.25) is 0 Å². The summed E-state index contributed by atoms with van der Waals surface area (Å²) in [5.74, 6) is 0. The minimum Gasteiger partial charge on any atom is -0.172 e. The Kier molecular flexibility index (Phi) is 23.0. The maximum Gasteiger partial charge on any atom is 0.114 e. The summed E-state index contributed by atoms with van der Waals surface area (Å²) in [4.78, 5) is 5.12. The zero-order chi connectivity index (χ0) is 67.6. The summed E-state index contributed by atoms with van der Waals surface area (Å²) in [7, 11) is 0. The van der Waals surface area contributed by atoms with E-state index in [0.717, 1.165) is 11.0 Å². The molecule has 3 aromatic heterocycles. The molecule has 10 aromatic rings. The Morgan fingerprint density at radius 2 is 0.541 bits per heavy atom. The monoisotopic (exact) mass is 1350 g/mol. The number of rotatable bonds is 37. The number of unbranched alkanes of at least 4 members (excludes halogenated alkanes) is 22. The van der Waals surface area contributed by atoms with Crippen molar-refractivity contribution in [2.24, 2.45) is 0 Å². The number of thiophene rings is 2. The van der Waals surface area contributed by atoms with Crippen LogP contribution in [0.2, 0.25) is 0 Å². The number of hydrogen-bond donors (Lipinski definition) is 0. The maximum absolute atomic E-state index is 5.09. The van der Waals surface area contributed by atoms with Crippen molar-refractivity contribution < 1.29 is 0 Å². The normalized spacial score (nSPS) is 15.2. The van der Waals surface area contributed by atoms with E-state index in [9.17, 15) is 0 Å². The van der Waals surface area contributed by atoms with Gasteiger partial charge in [-0.2, -0.15) is 8.75 Å². The van der Waals surface area contributed by atoms with Crippen LogP contribution < -0.4 is 0 Å². The summed E-state index contributed by atoms with van der Waals surface area (Å²) in [6.45, 7) is 18.8. The van der Waals surface area contributed by atoms with Crippen LogP contribution in [-0.4, -0.2) is 8.75 Å². The lowest BCUT2D eigenvalue weighted by atomic mass is 9.69. The zero-order valence-corrected chi connectivity index (χ0v) is 63.6. The number of hydrogen-bond acceptors (Lipinski definition) is 5. The van der Waals surface area contributed by atoms with Crippen molar-refractivity contribution in [3.05, 3.63) is 190 Å². The molecule has 3 aliphatic carbocycles. The zero-order valence-electron chi connectivity index (χ0n) is 61.1. The Morgan fingerprint density at radius 1 is 0.265 bits per heavy atom. The van der Waals surface area contributed by atoms with E-state index in [1.807, 2.05) is 22.7 Å². The molecule has 1 atom stereocenters. The van der Waals surface area contributed by atoms with E-state index in [2.05, 4.69) is 201 Å². The first kappa shape index (κ1) is 70.2. The molecule has 3 aliphatic rings. The Morgan fingerprint density at radius 3 is 0.949 bits per heavy atom. The summed E-state index contributed by atoms with van der Waals surface area (Å²) < 4.78 is 10.2. The van der Waals surface area contributed by atoms with Crippen LogP contribution in [0.5, 0.6) is 0 Å². The molecular weight excluding hydrogens is 1240 g/mol. The van der Waals surface area contributed by atoms with E-state index in [1.165, 1.54) is 326 Å². The van der Waals surface area contributed by atoms with Crippen LogP contribution in [0.4, 0.5) is 0 Å². The van der Waals surface area contributed by atoms with Crippen molar-refractivity contribution in [1.82, 2.24) is 8.75 Å². The van der Waals surface area contributed by atoms with Crippen LogP contribution in [0.3, 0.4) is 0 Å². The quantitative estimate of drug-likeness (QED) is 0.0363. The molecule has 1 unspecified atom stereocenters. The SMILES string of the molecule is CCCCCCCCC1(CCCCCCCC)c2cc(C)ccc2-c2ccc(-c3ccc4c(c3)C(CCCCCCCC)(CCCCCCCC)c3cc(-c5ccc(-c6ccc(-c7ccc(-c8ccc9c(c8)C(C)(CCCCC)c8cc(C)ccc8-9)s7)c7nsnc67)s5)ccc3-4)cc21. The number of nitrogens with zero attached hydrogens (tertiary/aromatic N) is 2. The second-order valence-electron chi connectivity index (χ2n) is 30.6. The van der Waals surface area contributed by atoms with Crippen molar-refractivity contribution in [1.29, 1.82) is 0 Å². The van der Waals surface area contributed by atoms with Gasteiger partial charge >= 0.3 is 0 Å². The molecule has 13 rings (SSSR count). The van der Waals surface area contributed by atoms with Crippen molar-refractivity contribution in [3.8, 4) is 86.3 Å². The van der Waals surface area contributed by atoms with Gasteiger partial charge in [0.05, 0.1) is 11.7 Å². The molecule has 0 N–H and O–H groups in total. The Hall–Kier alpha value is -6.24. The maximum atomic E-state index is 5.09. The average Bonchev–Trinajstić information content (AvgIpc) is 1.57. The number of fused-ring (bicyclic) bond motifs is 10. The summed E-state index contributed by atoms with van der Waals surface area (Å²) in [5, 5.41) is 0. The molecule has 3 heterocycles. The molecule has 2 nitrogen and oxygen atoms in total. The fourth-order valence-corrected chi connectivity index (χ4v) is 20.8. The lowest BCUT2D eigenvalue weighted by molar-refractivity contribution is 0.397. The Balaban J connectivity index is 0.831. The molecule has 0 spiro atoms. The summed E-state index contributed by atoms with van der Waals surface area (Å²) in [6.07, 6.45) is 41.5. The van der Waals surface area contributed by atoms with Gasteiger partial charge in [0.25, 0.3) is 0 Å². The van der Waals surface area contributed by atoms with E-state index in [4.69, 9.17) is 8.75 Å². The van der Waals surface area contributed by atoms with Gasteiger partial charge in [-0.1, -0.05) is 323 Å². The van der Waals surface area contributed by atoms with Gasteiger partial charge in [0.15, 0.2) is 0 Å². The van der Waals surface area contributed by atoms with E-state index in [-0.39, 0.29) is 16.2 Å². The highest BCUT2D eigenvalue weighted by Crippen LogP contribution is 2.59. The Labute approximate surface area is 603 Å². The molecule has 98 heavy (non-hydrogen) atoms. The molecule has 0 amide bonds. The van der Waals surface area contributed by atoms with E-state index < -0.39 is 0 Å². The van der Waals surface area contributed by atoms with Crippen LogP contribution in [0.1, 0.15) is 292 Å². The first-order valence-corrected chi connectivity index (χ1v) is 41.7. The molecule has 0 saturated carbocycles. The molecule has 0 fully saturated rings. The highest BCUT2D eigenvalue weighted by Gasteiger charge is 2.45. The average molecular weight is 1350 g/mol. The van der Waals surface area contributed by atoms with Gasteiger partial charge in [-0.25, -0.2) is 0 Å². The highest BCUT2D eigenvalue weighted by atomic mass is 32.1. The lowest BCUT2D eigenvalue weighted by Gasteiger charge is -2.34. The third kappa shape index (κ3) is 14.3. The van der Waals surface area contributed by atoms with Crippen molar-refractivity contribution >= 4 is 45.4 Å². The van der Waals surface area contributed by atoms with Crippen LogP contribution in [0, 0.1) is 13.8 Å². The second kappa shape index (κ2) is 32.2. The smallest absolute Gasteiger partial charge is 0.114 e. The predicted molar refractivity (Wildman–Crippen MR) is 430 cm³/mol. The molecule has 512 valence electrons. The predicted octanol–water partition coefficient (Wildman–Crippen LogP) is 30.2. The molecule has 7 aromatic carbocycles. The second-order valence-corrected chi connectivity index (χ2v) is 33.3. The number of aryl methyl sites for hydroxylation is 2.